The quantitative estimate of drug-likeness (QED) is 0.500. The van der Waals surface area contributed by atoms with Gasteiger partial charge in [0.25, 0.3) is 0 Å². The van der Waals surface area contributed by atoms with Crippen molar-refractivity contribution in [1.29, 1.82) is 0 Å². The van der Waals surface area contributed by atoms with Crippen molar-refractivity contribution in [3.63, 3.8) is 0 Å². The molecule has 0 aliphatic carbocycles. The summed E-state index contributed by atoms with van der Waals surface area (Å²) < 4.78 is 5.84. The minimum absolute atomic E-state index is 0.529. The van der Waals surface area contributed by atoms with Crippen molar-refractivity contribution >= 4 is 17.6 Å². The van der Waals surface area contributed by atoms with Crippen LogP contribution in [0.25, 0.3) is 0 Å². The van der Waals surface area contributed by atoms with E-state index in [2.05, 4.69) is 15.4 Å². The number of aryl methyl sites for hydroxylation is 1. The summed E-state index contributed by atoms with van der Waals surface area (Å²) in [5.74, 6) is 8.03. The Kier molecular flexibility index (Phi) is 4.81. The Bertz CT molecular complexity index is 586. The van der Waals surface area contributed by atoms with Crippen LogP contribution in [0.15, 0.2) is 29.2 Å². The first kappa shape index (κ1) is 14.6. The number of anilines is 1. The normalized spacial score (nSPS) is 10.4. The molecule has 0 atom stereocenters. The summed E-state index contributed by atoms with van der Waals surface area (Å²) in [5.41, 5.74) is 3.37. The van der Waals surface area contributed by atoms with E-state index >= 15 is 0 Å². The molecule has 6 heteroatoms. The molecule has 0 aliphatic rings. The van der Waals surface area contributed by atoms with Crippen molar-refractivity contribution in [3.05, 3.63) is 35.7 Å². The number of benzene rings is 1. The van der Waals surface area contributed by atoms with Crippen molar-refractivity contribution in [1.82, 2.24) is 9.97 Å². The number of hydrogen-bond acceptors (Lipinski definition) is 6. The summed E-state index contributed by atoms with van der Waals surface area (Å²) >= 11 is 1.69. The maximum absolute atomic E-state index is 5.84. The molecule has 0 unspecified atom stereocenters. The third-order valence-corrected chi connectivity index (χ3v) is 3.62. The predicted molar refractivity (Wildman–Crippen MR) is 82.3 cm³/mol. The van der Waals surface area contributed by atoms with Crippen LogP contribution in [0, 0.1) is 6.92 Å². The Morgan fingerprint density at radius 3 is 2.50 bits per heavy atom. The average Bonchev–Trinajstić information content (AvgIpc) is 2.50. The predicted octanol–water partition coefficient (Wildman–Crippen LogP) is 3.15. The fraction of sp³-hybridized carbons (Fsp3) is 0.286. The van der Waals surface area contributed by atoms with Gasteiger partial charge in [-0.2, -0.15) is 4.98 Å². The molecule has 1 aromatic carbocycles. The van der Waals surface area contributed by atoms with Gasteiger partial charge in [0.05, 0.1) is 5.56 Å². The van der Waals surface area contributed by atoms with Gasteiger partial charge in [-0.15, -0.1) is 11.8 Å². The Morgan fingerprint density at radius 2 is 1.95 bits per heavy atom. The molecule has 3 N–H and O–H groups in total. The molecule has 5 nitrogen and oxygen atoms in total. The van der Waals surface area contributed by atoms with Crippen molar-refractivity contribution < 1.29 is 4.74 Å². The summed E-state index contributed by atoms with van der Waals surface area (Å²) in [4.78, 5) is 9.90. The SMILES string of the molecule is CCc1nc(NN)c(C)c(Oc2ccc(SC)cc2)n1. The number of nitrogens with zero attached hydrogens (tertiary/aromatic N) is 2. The van der Waals surface area contributed by atoms with Crippen LogP contribution in [0.2, 0.25) is 0 Å². The molecule has 0 saturated carbocycles. The zero-order valence-electron chi connectivity index (χ0n) is 11.8. The zero-order chi connectivity index (χ0) is 14.5. The second-order valence-electron chi connectivity index (χ2n) is 4.19. The minimum Gasteiger partial charge on any atom is -0.439 e. The largest absolute Gasteiger partial charge is 0.439 e. The molecule has 0 saturated heterocycles. The molecule has 106 valence electrons. The number of aromatic nitrogens is 2. The third-order valence-electron chi connectivity index (χ3n) is 2.87. The van der Waals surface area contributed by atoms with Gasteiger partial charge in [-0.25, -0.2) is 10.8 Å². The van der Waals surface area contributed by atoms with Crippen LogP contribution in [0.3, 0.4) is 0 Å². The third kappa shape index (κ3) is 3.20. The first-order valence-electron chi connectivity index (χ1n) is 6.34. The number of nitrogens with one attached hydrogen (secondary N) is 1. The van der Waals surface area contributed by atoms with Gasteiger partial charge in [-0.3, -0.25) is 0 Å². The molecule has 0 amide bonds. The Balaban J connectivity index is 2.31. The highest BCUT2D eigenvalue weighted by Crippen LogP contribution is 2.28. The van der Waals surface area contributed by atoms with Gasteiger partial charge in [-0.05, 0) is 37.4 Å². The van der Waals surface area contributed by atoms with E-state index in [-0.39, 0.29) is 0 Å². The molecule has 0 bridgehead atoms. The molecule has 2 rings (SSSR count). The first-order valence-corrected chi connectivity index (χ1v) is 7.56. The zero-order valence-corrected chi connectivity index (χ0v) is 12.6. The van der Waals surface area contributed by atoms with Crippen LogP contribution in [0.4, 0.5) is 5.82 Å². The summed E-state index contributed by atoms with van der Waals surface area (Å²) in [6, 6.07) is 7.88. The standard InChI is InChI=1S/C14H18N4OS/c1-4-12-16-13(18-15)9(2)14(17-12)19-10-5-7-11(20-3)8-6-10/h5-8H,4,15H2,1-3H3,(H,16,17,18). The second kappa shape index (κ2) is 6.58. The molecule has 2 aromatic rings. The highest BCUT2D eigenvalue weighted by molar-refractivity contribution is 7.98. The van der Waals surface area contributed by atoms with E-state index in [0.29, 0.717) is 17.5 Å². The smallest absolute Gasteiger partial charge is 0.227 e. The second-order valence-corrected chi connectivity index (χ2v) is 5.07. The van der Waals surface area contributed by atoms with E-state index < -0.39 is 0 Å². The van der Waals surface area contributed by atoms with Crippen LogP contribution in [0.5, 0.6) is 11.6 Å². The van der Waals surface area contributed by atoms with E-state index in [4.69, 9.17) is 10.6 Å². The number of thioether (sulfide) groups is 1. The molecule has 0 spiro atoms. The Hall–Kier alpha value is -1.79. The van der Waals surface area contributed by atoms with Gasteiger partial charge in [0.1, 0.15) is 17.4 Å². The van der Waals surface area contributed by atoms with Gasteiger partial charge in [0.15, 0.2) is 0 Å². The van der Waals surface area contributed by atoms with Gasteiger partial charge < -0.3 is 10.2 Å². The van der Waals surface area contributed by atoms with E-state index in [1.807, 2.05) is 44.4 Å². The fourth-order valence-electron chi connectivity index (χ4n) is 1.69. The molecule has 20 heavy (non-hydrogen) atoms. The lowest BCUT2D eigenvalue weighted by molar-refractivity contribution is 0.454. The molecule has 1 aromatic heterocycles. The summed E-state index contributed by atoms with van der Waals surface area (Å²) in [6.07, 6.45) is 2.76. The number of ether oxygens (including phenoxy) is 1. The highest BCUT2D eigenvalue weighted by Gasteiger charge is 2.11. The van der Waals surface area contributed by atoms with E-state index in [0.717, 1.165) is 17.7 Å². The first-order chi connectivity index (χ1) is 9.67. The number of nitrogens with two attached hydrogens (primary N) is 1. The van der Waals surface area contributed by atoms with Gasteiger partial charge >= 0.3 is 0 Å². The van der Waals surface area contributed by atoms with Crippen molar-refractivity contribution in [3.8, 4) is 11.6 Å². The molecular formula is C14H18N4OS. The van der Waals surface area contributed by atoms with E-state index in [1.54, 1.807) is 11.8 Å². The molecular weight excluding hydrogens is 272 g/mol. The maximum Gasteiger partial charge on any atom is 0.227 e. The van der Waals surface area contributed by atoms with Gasteiger partial charge in [0.2, 0.25) is 5.88 Å². The van der Waals surface area contributed by atoms with Crippen molar-refractivity contribution in [2.45, 2.75) is 25.2 Å². The minimum atomic E-state index is 0.529. The molecule has 0 aliphatic heterocycles. The van der Waals surface area contributed by atoms with Crippen molar-refractivity contribution in [2.24, 2.45) is 5.84 Å². The van der Waals surface area contributed by atoms with E-state index in [9.17, 15) is 0 Å². The average molecular weight is 290 g/mol. The molecule has 0 radical (unpaired) electrons. The topological polar surface area (TPSA) is 73.1 Å². The summed E-state index contributed by atoms with van der Waals surface area (Å²) in [5, 5.41) is 0. The maximum atomic E-state index is 5.84. The van der Waals surface area contributed by atoms with Gasteiger partial charge in [0, 0.05) is 11.3 Å². The fourth-order valence-corrected chi connectivity index (χ4v) is 2.10. The lowest BCUT2D eigenvalue weighted by Gasteiger charge is -2.12. The van der Waals surface area contributed by atoms with E-state index in [1.165, 1.54) is 4.90 Å². The Labute approximate surface area is 122 Å². The monoisotopic (exact) mass is 290 g/mol. The lowest BCUT2D eigenvalue weighted by Crippen LogP contribution is -2.13. The number of rotatable bonds is 5. The van der Waals surface area contributed by atoms with Crippen LogP contribution in [-0.2, 0) is 6.42 Å². The van der Waals surface area contributed by atoms with Crippen LogP contribution in [-0.4, -0.2) is 16.2 Å². The highest BCUT2D eigenvalue weighted by atomic mass is 32.2. The lowest BCUT2D eigenvalue weighted by atomic mass is 10.3. The van der Waals surface area contributed by atoms with Crippen LogP contribution in [0.1, 0.15) is 18.3 Å². The molecule has 1 heterocycles. The number of nitrogen functional groups attached to an aromatic ring is 1. The van der Waals surface area contributed by atoms with Crippen LogP contribution >= 0.6 is 11.8 Å². The molecule has 0 fully saturated rings. The number of hydrazine groups is 1. The van der Waals surface area contributed by atoms with Gasteiger partial charge in [-0.1, -0.05) is 6.92 Å². The Morgan fingerprint density at radius 1 is 1.25 bits per heavy atom. The summed E-state index contributed by atoms with van der Waals surface area (Å²) in [7, 11) is 0. The summed E-state index contributed by atoms with van der Waals surface area (Å²) in [6.45, 7) is 3.86. The van der Waals surface area contributed by atoms with Crippen LogP contribution < -0.4 is 16.0 Å². The number of hydrogen-bond donors (Lipinski definition) is 2. The van der Waals surface area contributed by atoms with Crippen molar-refractivity contribution in [2.75, 3.05) is 11.7 Å².